The van der Waals surface area contributed by atoms with E-state index in [-0.39, 0.29) is 11.6 Å². The molecule has 0 N–H and O–H groups in total. The second-order valence-corrected chi connectivity index (χ2v) is 15.7. The maximum atomic E-state index is 14.1. The molecule has 1 atom stereocenters. The molecule has 0 amide bonds. The summed E-state index contributed by atoms with van der Waals surface area (Å²) in [5.41, 5.74) is 5.69. The van der Waals surface area contributed by atoms with Crippen LogP contribution in [0.1, 0.15) is 33.5 Å². The number of nitriles is 1. The second kappa shape index (κ2) is 14.2. The van der Waals surface area contributed by atoms with Crippen LogP contribution in [0.25, 0.3) is 0 Å². The molecule has 1 aliphatic rings. The van der Waals surface area contributed by atoms with Crippen LogP contribution >= 0.6 is 15.9 Å². The van der Waals surface area contributed by atoms with Crippen LogP contribution in [0.15, 0.2) is 150 Å². The van der Waals surface area contributed by atoms with Crippen LogP contribution < -0.4 is 4.90 Å². The summed E-state index contributed by atoms with van der Waals surface area (Å²) in [5, 5.41) is 9.74. The number of anilines is 1. The van der Waals surface area contributed by atoms with Gasteiger partial charge in [-0.2, -0.15) is 9.57 Å². The Labute approximate surface area is 306 Å². The zero-order chi connectivity index (χ0) is 35.6. The fourth-order valence-electron chi connectivity index (χ4n) is 7.17. The number of benzene rings is 4. The average Bonchev–Trinajstić information content (AvgIpc) is 3.81. The normalized spacial score (nSPS) is 14.6. The maximum Gasteiger partial charge on any atom is 0.262 e. The Morgan fingerprint density at radius 3 is 2.06 bits per heavy atom. The van der Waals surface area contributed by atoms with Crippen molar-refractivity contribution in [2.45, 2.75) is 29.6 Å². The smallest absolute Gasteiger partial charge is 0.262 e. The molecule has 1 aliphatic heterocycles. The molecule has 0 saturated heterocycles. The lowest BCUT2D eigenvalue weighted by Gasteiger charge is -2.40. The van der Waals surface area contributed by atoms with E-state index in [4.69, 9.17) is 4.98 Å². The summed E-state index contributed by atoms with van der Waals surface area (Å²) in [6, 6.07) is 38.6. The van der Waals surface area contributed by atoms with E-state index in [0.29, 0.717) is 29.6 Å². The number of aryl methyl sites for hydroxylation is 1. The predicted molar refractivity (Wildman–Crippen MR) is 202 cm³/mol. The number of fused-ring (bicyclic) bond motifs is 1. The Morgan fingerprint density at radius 2 is 1.53 bits per heavy atom. The van der Waals surface area contributed by atoms with Crippen molar-refractivity contribution in [2.24, 2.45) is 7.05 Å². The number of sulfonamides is 1. The van der Waals surface area contributed by atoms with Gasteiger partial charge >= 0.3 is 0 Å². The molecule has 0 aliphatic carbocycles. The number of rotatable bonds is 11. The molecule has 0 saturated carbocycles. The van der Waals surface area contributed by atoms with Gasteiger partial charge < -0.3 is 14.0 Å². The highest BCUT2D eigenvalue weighted by molar-refractivity contribution is 9.11. The number of hydrogen-bond donors (Lipinski definition) is 0. The first-order chi connectivity index (χ1) is 24.7. The first kappa shape index (κ1) is 34.2. The van der Waals surface area contributed by atoms with Gasteiger partial charge in [-0.25, -0.2) is 18.4 Å². The van der Waals surface area contributed by atoms with Gasteiger partial charge in [-0.3, -0.25) is 0 Å². The van der Waals surface area contributed by atoms with E-state index in [9.17, 15) is 13.7 Å². The van der Waals surface area contributed by atoms with Crippen LogP contribution in [0.3, 0.4) is 0 Å². The molecule has 6 aromatic rings. The first-order valence-electron chi connectivity index (χ1n) is 16.5. The second-order valence-electron chi connectivity index (χ2n) is 12.7. The molecule has 4 aromatic carbocycles. The number of halogens is 1. The lowest BCUT2D eigenvalue weighted by molar-refractivity contribution is 0.329. The molecule has 51 heavy (non-hydrogen) atoms. The van der Waals surface area contributed by atoms with Crippen LogP contribution in [-0.4, -0.2) is 51.0 Å². The molecule has 1 unspecified atom stereocenters. The van der Waals surface area contributed by atoms with Crippen LogP contribution in [0, 0.1) is 11.3 Å². The minimum atomic E-state index is -4.00. The van der Waals surface area contributed by atoms with Gasteiger partial charge in [0, 0.05) is 48.7 Å². The van der Waals surface area contributed by atoms with Crippen LogP contribution in [-0.2, 0) is 35.6 Å². The highest BCUT2D eigenvalue weighted by atomic mass is 79.9. The number of aromatic nitrogens is 4. The van der Waals surface area contributed by atoms with Gasteiger partial charge in [-0.05, 0) is 46.9 Å². The van der Waals surface area contributed by atoms with Gasteiger partial charge in [0.2, 0.25) is 0 Å². The summed E-state index contributed by atoms with van der Waals surface area (Å²) in [4.78, 5) is 11.3. The van der Waals surface area contributed by atoms with E-state index in [1.54, 1.807) is 17.7 Å². The Balaban J connectivity index is 1.32. The highest BCUT2D eigenvalue weighted by Gasteiger charge is 2.40. The molecular formula is C40H36BrN7O2S. The third kappa shape index (κ3) is 6.54. The largest absolute Gasteiger partial charge is 0.364 e. The maximum absolute atomic E-state index is 14.1. The van der Waals surface area contributed by atoms with Crippen molar-refractivity contribution in [3.8, 4) is 6.07 Å². The molecule has 0 fully saturated rings. The monoisotopic (exact) mass is 757 g/mol. The Bertz CT molecular complexity index is 2220. The molecule has 0 spiro atoms. The van der Waals surface area contributed by atoms with Crippen LogP contribution in [0.4, 0.5) is 5.69 Å². The minimum absolute atomic E-state index is 0.0281. The van der Waals surface area contributed by atoms with Crippen molar-refractivity contribution in [1.82, 2.24) is 23.4 Å². The minimum Gasteiger partial charge on any atom is -0.364 e. The quantitative estimate of drug-likeness (QED) is 0.134. The van der Waals surface area contributed by atoms with E-state index in [2.05, 4.69) is 122 Å². The highest BCUT2D eigenvalue weighted by Crippen LogP contribution is 2.41. The molecule has 3 heterocycles. The topological polar surface area (TPSA) is 100 Å². The Morgan fingerprint density at radius 1 is 0.922 bits per heavy atom. The third-order valence-corrected chi connectivity index (χ3v) is 11.4. The van der Waals surface area contributed by atoms with E-state index >= 15 is 0 Å². The standard InChI is InChI=1S/C40H36BrN7O2S/c1-30(41)23-48(51(49,50)39-27-45(2)28-44-39)37-21-32-20-31(22-42)18-19-38(32)46(26-37)24-36-25-47(29-43-36)40(33-12-6-3-7-13-33,34-14-8-4-9-15-34)35-16-10-5-11-17-35/h3-20,25,27-29,37H,1,21,23-24,26H2,2H3. The lowest BCUT2D eigenvalue weighted by atomic mass is 9.77. The van der Waals surface area contributed by atoms with E-state index < -0.39 is 21.6 Å². The first-order valence-corrected chi connectivity index (χ1v) is 18.7. The molecule has 256 valence electrons. The van der Waals surface area contributed by atoms with Crippen molar-refractivity contribution in [2.75, 3.05) is 18.0 Å². The summed E-state index contributed by atoms with van der Waals surface area (Å²) < 4.78 is 34.0. The van der Waals surface area contributed by atoms with Crippen LogP contribution in [0.5, 0.6) is 0 Å². The van der Waals surface area contributed by atoms with Crippen LogP contribution in [0.2, 0.25) is 0 Å². The summed E-state index contributed by atoms with van der Waals surface area (Å²) in [6.45, 7) is 4.83. The van der Waals surface area contributed by atoms with E-state index in [1.165, 1.54) is 16.8 Å². The molecule has 2 aromatic heterocycles. The van der Waals surface area contributed by atoms with Gasteiger partial charge in [0.1, 0.15) is 5.54 Å². The van der Waals surface area contributed by atoms with Gasteiger partial charge in [-0.1, -0.05) is 114 Å². The third-order valence-electron chi connectivity index (χ3n) is 9.38. The van der Waals surface area contributed by atoms with Crippen molar-refractivity contribution in [1.29, 1.82) is 5.26 Å². The SMILES string of the molecule is C=C(Br)CN(C1Cc2cc(C#N)ccc2N(Cc2cn(C(c3ccccc3)(c3ccccc3)c3ccccc3)cn2)C1)S(=O)(=O)c1cn(C)cn1. The van der Waals surface area contributed by atoms with Gasteiger partial charge in [0.25, 0.3) is 10.0 Å². The molecular weight excluding hydrogens is 722 g/mol. The van der Waals surface area contributed by atoms with E-state index in [0.717, 1.165) is 33.6 Å². The molecule has 0 radical (unpaired) electrons. The Kier molecular flexibility index (Phi) is 9.48. The van der Waals surface area contributed by atoms with Crippen molar-refractivity contribution in [3.05, 3.63) is 179 Å². The number of imidazole rings is 2. The average molecular weight is 759 g/mol. The number of hydrogen-bond acceptors (Lipinski definition) is 6. The van der Waals surface area contributed by atoms with Gasteiger partial charge in [0.05, 0.1) is 36.5 Å². The van der Waals surface area contributed by atoms with Crippen molar-refractivity contribution in [3.63, 3.8) is 0 Å². The summed E-state index contributed by atoms with van der Waals surface area (Å²) in [7, 11) is -2.26. The molecule has 7 rings (SSSR count). The van der Waals surface area contributed by atoms with Crippen molar-refractivity contribution < 1.29 is 8.42 Å². The summed E-state index contributed by atoms with van der Waals surface area (Å²) >= 11 is 3.42. The Hall–Kier alpha value is -5.28. The molecule has 9 nitrogen and oxygen atoms in total. The summed E-state index contributed by atoms with van der Waals surface area (Å²) in [6.07, 6.45) is 7.37. The predicted octanol–water partition coefficient (Wildman–Crippen LogP) is 6.86. The van der Waals surface area contributed by atoms with Gasteiger partial charge in [-0.15, -0.1) is 0 Å². The van der Waals surface area contributed by atoms with Crippen molar-refractivity contribution >= 4 is 31.6 Å². The molecule has 0 bridgehead atoms. The fourth-order valence-corrected chi connectivity index (χ4v) is 9.19. The fraction of sp³-hybridized carbons (Fsp3) is 0.175. The zero-order valence-electron chi connectivity index (χ0n) is 28.0. The number of nitrogens with zero attached hydrogens (tertiary/aromatic N) is 7. The summed E-state index contributed by atoms with van der Waals surface area (Å²) in [5.74, 6) is 0. The zero-order valence-corrected chi connectivity index (χ0v) is 30.5. The van der Waals surface area contributed by atoms with Gasteiger partial charge in [0.15, 0.2) is 5.03 Å². The lowest BCUT2D eigenvalue weighted by Crippen LogP contribution is -2.51. The van der Waals surface area contributed by atoms with E-state index in [1.807, 2.05) is 36.7 Å². The molecule has 11 heteroatoms.